The second kappa shape index (κ2) is 10.1. The van der Waals surface area contributed by atoms with Gasteiger partial charge in [0.25, 0.3) is 11.8 Å². The van der Waals surface area contributed by atoms with E-state index in [1.54, 1.807) is 67.8 Å². The van der Waals surface area contributed by atoms with Crippen molar-refractivity contribution >= 4 is 33.2 Å². The number of benzene rings is 3. The first-order valence-corrected chi connectivity index (χ1v) is 12.3. The maximum Gasteiger partial charge on any atom is 0.257 e. The van der Waals surface area contributed by atoms with Crippen LogP contribution in [0.3, 0.4) is 0 Å². The Bertz CT molecular complexity index is 1300. The van der Waals surface area contributed by atoms with Gasteiger partial charge in [-0.15, -0.1) is 0 Å². The summed E-state index contributed by atoms with van der Waals surface area (Å²) >= 11 is 0. The van der Waals surface area contributed by atoms with Crippen LogP contribution in [0.2, 0.25) is 0 Å². The molecule has 2 amide bonds. The molecule has 0 aliphatic carbocycles. The van der Waals surface area contributed by atoms with Gasteiger partial charge in [-0.3, -0.25) is 9.59 Å². The van der Waals surface area contributed by atoms with E-state index < -0.39 is 21.8 Å². The van der Waals surface area contributed by atoms with Crippen LogP contribution < -0.4 is 15.4 Å². The predicted octanol–water partition coefficient (Wildman–Crippen LogP) is 3.98. The number of carbonyl (C=O) groups excluding carboxylic acids is 2. The number of methoxy groups -OCH3 is 1. The molecule has 0 saturated carbocycles. The zero-order valence-corrected chi connectivity index (χ0v) is 19.5. The third-order valence-electron chi connectivity index (χ3n) is 5.57. The summed E-state index contributed by atoms with van der Waals surface area (Å²) in [4.78, 5) is 25.9. The molecule has 0 unspecified atom stereocenters. The smallest absolute Gasteiger partial charge is 0.257 e. The molecule has 3 aromatic carbocycles. The van der Waals surface area contributed by atoms with E-state index in [1.807, 2.05) is 0 Å². The predicted molar refractivity (Wildman–Crippen MR) is 130 cm³/mol. The molecule has 9 heteroatoms. The lowest BCUT2D eigenvalue weighted by Gasteiger charge is -2.16. The number of carbonyl (C=O) groups is 2. The topological polar surface area (TPSA) is 105 Å². The van der Waals surface area contributed by atoms with E-state index in [2.05, 4.69) is 10.6 Å². The van der Waals surface area contributed by atoms with E-state index in [9.17, 15) is 18.0 Å². The summed E-state index contributed by atoms with van der Waals surface area (Å²) in [6.45, 7) is 0.963. The van der Waals surface area contributed by atoms with Crippen LogP contribution in [0.15, 0.2) is 77.7 Å². The number of ether oxygens (including phenoxy) is 1. The molecular weight excluding hydrogens is 454 g/mol. The number of para-hydroxylation sites is 1. The molecule has 0 atom stereocenters. The minimum Gasteiger partial charge on any atom is -0.497 e. The van der Waals surface area contributed by atoms with Crippen molar-refractivity contribution in [1.29, 1.82) is 0 Å². The average molecular weight is 480 g/mol. The number of amides is 2. The fraction of sp³-hybridized carbons (Fsp3) is 0.200. The highest BCUT2D eigenvalue weighted by Crippen LogP contribution is 2.23. The van der Waals surface area contributed by atoms with Crippen molar-refractivity contribution < 1.29 is 22.7 Å². The van der Waals surface area contributed by atoms with Gasteiger partial charge in [0.15, 0.2) is 0 Å². The third kappa shape index (κ3) is 5.11. The standard InChI is InChI=1S/C25H25N3O5S/c1-33-20-13-11-19(12-14-20)26-25(30)22-9-2-3-10-23(22)27-24(29)18-7-6-8-21(17-18)34(31,32)28-15-4-5-16-28/h2-3,6-14,17H,4-5,15-16H2,1H3,(H,26,30)(H,27,29). The van der Waals surface area contributed by atoms with Gasteiger partial charge in [0, 0.05) is 24.3 Å². The number of sulfonamides is 1. The van der Waals surface area contributed by atoms with E-state index in [0.717, 1.165) is 12.8 Å². The minimum absolute atomic E-state index is 0.0765. The second-order valence-electron chi connectivity index (χ2n) is 7.82. The summed E-state index contributed by atoms with van der Waals surface area (Å²) in [7, 11) is -2.09. The highest BCUT2D eigenvalue weighted by Gasteiger charge is 2.27. The maximum atomic E-state index is 13.0. The monoisotopic (exact) mass is 479 g/mol. The van der Waals surface area contributed by atoms with Gasteiger partial charge in [0.2, 0.25) is 10.0 Å². The minimum atomic E-state index is -3.65. The highest BCUT2D eigenvalue weighted by molar-refractivity contribution is 7.89. The molecule has 2 N–H and O–H groups in total. The van der Waals surface area contributed by atoms with Gasteiger partial charge in [-0.25, -0.2) is 8.42 Å². The summed E-state index contributed by atoms with van der Waals surface area (Å²) in [5.41, 5.74) is 1.34. The van der Waals surface area contributed by atoms with Crippen LogP contribution >= 0.6 is 0 Å². The first-order chi connectivity index (χ1) is 16.4. The Morgan fingerprint density at radius 1 is 0.853 bits per heavy atom. The van der Waals surface area contributed by atoms with Gasteiger partial charge in [-0.2, -0.15) is 4.31 Å². The van der Waals surface area contributed by atoms with Gasteiger partial charge in [-0.1, -0.05) is 18.2 Å². The molecule has 1 saturated heterocycles. The second-order valence-corrected chi connectivity index (χ2v) is 9.76. The van der Waals surface area contributed by atoms with Gasteiger partial charge in [0.1, 0.15) is 5.75 Å². The van der Waals surface area contributed by atoms with Crippen LogP contribution in [0.25, 0.3) is 0 Å². The SMILES string of the molecule is COc1ccc(NC(=O)c2ccccc2NC(=O)c2cccc(S(=O)(=O)N3CCCC3)c2)cc1. The number of nitrogens with zero attached hydrogens (tertiary/aromatic N) is 1. The molecule has 1 aliphatic heterocycles. The number of hydrogen-bond donors (Lipinski definition) is 2. The van der Waals surface area contributed by atoms with Crippen LogP contribution in [0, 0.1) is 0 Å². The molecule has 0 bridgehead atoms. The normalized spacial score (nSPS) is 13.9. The van der Waals surface area contributed by atoms with Gasteiger partial charge in [-0.05, 0) is 67.4 Å². The number of nitrogens with one attached hydrogen (secondary N) is 2. The zero-order valence-electron chi connectivity index (χ0n) is 18.7. The molecular formula is C25H25N3O5S. The Hall–Kier alpha value is -3.69. The summed E-state index contributed by atoms with van der Waals surface area (Å²) in [5, 5.41) is 5.52. The van der Waals surface area contributed by atoms with Gasteiger partial charge >= 0.3 is 0 Å². The lowest BCUT2D eigenvalue weighted by Crippen LogP contribution is -2.28. The van der Waals surface area contributed by atoms with E-state index in [4.69, 9.17) is 4.74 Å². The molecule has 3 aromatic rings. The summed E-state index contributed by atoms with van der Waals surface area (Å²) in [6, 6.07) is 19.4. The van der Waals surface area contributed by atoms with Crippen molar-refractivity contribution in [2.75, 3.05) is 30.8 Å². The molecule has 8 nitrogen and oxygen atoms in total. The van der Waals surface area contributed by atoms with E-state index in [1.165, 1.54) is 16.4 Å². The van der Waals surface area contributed by atoms with Crippen molar-refractivity contribution in [3.05, 3.63) is 83.9 Å². The largest absolute Gasteiger partial charge is 0.497 e. The van der Waals surface area contributed by atoms with E-state index in [-0.39, 0.29) is 16.0 Å². The van der Waals surface area contributed by atoms with Gasteiger partial charge < -0.3 is 15.4 Å². The average Bonchev–Trinajstić information content (AvgIpc) is 3.41. The maximum absolute atomic E-state index is 13.0. The molecule has 0 spiro atoms. The first kappa shape index (κ1) is 23.5. The molecule has 1 aliphatic rings. The zero-order chi connectivity index (χ0) is 24.1. The van der Waals surface area contributed by atoms with Crippen LogP contribution in [0.4, 0.5) is 11.4 Å². The van der Waals surface area contributed by atoms with Crippen LogP contribution in [0.1, 0.15) is 33.6 Å². The Balaban J connectivity index is 1.52. The summed E-state index contributed by atoms with van der Waals surface area (Å²) in [6.07, 6.45) is 1.66. The summed E-state index contributed by atoms with van der Waals surface area (Å²) in [5.74, 6) is -0.241. The Labute approximate surface area is 198 Å². The van der Waals surface area contributed by atoms with Crippen LogP contribution in [0.5, 0.6) is 5.75 Å². The Kier molecular flexibility index (Phi) is 6.95. The molecule has 1 heterocycles. The van der Waals surface area contributed by atoms with Crippen LogP contribution in [-0.2, 0) is 10.0 Å². The number of rotatable bonds is 7. The molecule has 34 heavy (non-hydrogen) atoms. The molecule has 0 radical (unpaired) electrons. The van der Waals surface area contributed by atoms with Crippen molar-refractivity contribution in [1.82, 2.24) is 4.31 Å². The molecule has 4 rings (SSSR count). The quantitative estimate of drug-likeness (QED) is 0.533. The number of anilines is 2. The first-order valence-electron chi connectivity index (χ1n) is 10.8. The van der Waals surface area contributed by atoms with Crippen LogP contribution in [-0.4, -0.2) is 44.7 Å². The lowest BCUT2D eigenvalue weighted by atomic mass is 10.1. The summed E-state index contributed by atoms with van der Waals surface area (Å²) < 4.78 is 32.3. The molecule has 176 valence electrons. The van der Waals surface area contributed by atoms with E-state index in [0.29, 0.717) is 30.2 Å². The Morgan fingerprint density at radius 3 is 2.26 bits per heavy atom. The number of hydrogen-bond acceptors (Lipinski definition) is 5. The molecule has 0 aromatic heterocycles. The fourth-order valence-corrected chi connectivity index (χ4v) is 5.30. The van der Waals surface area contributed by atoms with Gasteiger partial charge in [0.05, 0.1) is 23.3 Å². The fourth-order valence-electron chi connectivity index (χ4n) is 3.73. The van der Waals surface area contributed by atoms with Crippen molar-refractivity contribution in [2.24, 2.45) is 0 Å². The highest BCUT2D eigenvalue weighted by atomic mass is 32.2. The third-order valence-corrected chi connectivity index (χ3v) is 7.46. The van der Waals surface area contributed by atoms with E-state index >= 15 is 0 Å². The lowest BCUT2D eigenvalue weighted by molar-refractivity contribution is 0.102. The van der Waals surface area contributed by atoms with Crippen molar-refractivity contribution in [2.45, 2.75) is 17.7 Å². The van der Waals surface area contributed by atoms with Crippen molar-refractivity contribution in [3.8, 4) is 5.75 Å². The van der Waals surface area contributed by atoms with Crippen molar-refractivity contribution in [3.63, 3.8) is 0 Å². The Morgan fingerprint density at radius 2 is 1.56 bits per heavy atom. The molecule has 1 fully saturated rings.